The Morgan fingerprint density at radius 3 is 2.63 bits per heavy atom. The lowest BCUT2D eigenvalue weighted by Gasteiger charge is -2.10. The molecule has 1 atom stereocenters. The molecule has 0 aliphatic carbocycles. The Balaban J connectivity index is 2.03. The van der Waals surface area contributed by atoms with Crippen LogP contribution in [0.1, 0.15) is 17.5 Å². The molecule has 0 aromatic heterocycles. The van der Waals surface area contributed by atoms with E-state index in [2.05, 4.69) is 9.78 Å². The van der Waals surface area contributed by atoms with Crippen LogP contribution in [0.15, 0.2) is 30.3 Å². The fourth-order valence-corrected chi connectivity index (χ4v) is 1.76. The number of carbonyl (C=O) groups is 2. The highest BCUT2D eigenvalue weighted by Crippen LogP contribution is 2.26. The second-order valence-electron chi connectivity index (χ2n) is 4.21. The van der Waals surface area contributed by atoms with E-state index in [-0.39, 0.29) is 12.2 Å². The molecule has 1 aromatic carbocycles. The van der Waals surface area contributed by atoms with Crippen molar-refractivity contribution in [3.05, 3.63) is 41.5 Å². The van der Waals surface area contributed by atoms with Crippen LogP contribution >= 0.6 is 0 Å². The zero-order chi connectivity index (χ0) is 13.8. The summed E-state index contributed by atoms with van der Waals surface area (Å²) in [6, 6.07) is 7.58. The maximum atomic E-state index is 11.7. The second kappa shape index (κ2) is 5.67. The van der Waals surface area contributed by atoms with Gasteiger partial charge >= 0.3 is 5.97 Å². The van der Waals surface area contributed by atoms with Gasteiger partial charge in [0.2, 0.25) is 0 Å². The van der Waals surface area contributed by atoms with E-state index >= 15 is 0 Å². The highest BCUT2D eigenvalue weighted by atomic mass is 17.2. The molecular formula is C14H14O5. The molecule has 0 N–H and O–H groups in total. The van der Waals surface area contributed by atoms with E-state index in [4.69, 9.17) is 4.74 Å². The largest absolute Gasteiger partial charge is 0.481 e. The van der Waals surface area contributed by atoms with Crippen LogP contribution in [0.2, 0.25) is 0 Å². The van der Waals surface area contributed by atoms with Crippen LogP contribution in [0.3, 0.4) is 0 Å². The number of carbonyl (C=O) groups excluding carboxylic acids is 2. The molecule has 100 valence electrons. The molecule has 0 saturated carbocycles. The van der Waals surface area contributed by atoms with E-state index in [1.54, 1.807) is 0 Å². The summed E-state index contributed by atoms with van der Waals surface area (Å²) in [6.07, 6.45) is 0.396. The zero-order valence-corrected chi connectivity index (χ0v) is 10.7. The predicted octanol–water partition coefficient (Wildman–Crippen LogP) is 1.80. The number of benzene rings is 1. The third kappa shape index (κ3) is 3.20. The molecule has 0 spiro atoms. The molecule has 1 unspecified atom stereocenters. The topological polar surface area (TPSA) is 61.8 Å². The van der Waals surface area contributed by atoms with Gasteiger partial charge in [-0.2, -0.15) is 4.89 Å². The molecule has 1 aliphatic heterocycles. The van der Waals surface area contributed by atoms with Gasteiger partial charge in [-0.05, 0) is 6.92 Å². The van der Waals surface area contributed by atoms with Crippen molar-refractivity contribution in [1.82, 2.24) is 0 Å². The molecule has 1 aromatic rings. The molecule has 1 heterocycles. The van der Waals surface area contributed by atoms with Crippen molar-refractivity contribution < 1.29 is 24.1 Å². The SMILES string of the molecule is COOC(=O)CC1OC(c2ccc(C)cc2)=CC1=O. The van der Waals surface area contributed by atoms with E-state index in [1.165, 1.54) is 13.2 Å². The fourth-order valence-electron chi connectivity index (χ4n) is 1.76. The van der Waals surface area contributed by atoms with Crippen LogP contribution in [0.4, 0.5) is 0 Å². The molecule has 5 nitrogen and oxygen atoms in total. The quantitative estimate of drug-likeness (QED) is 0.611. The van der Waals surface area contributed by atoms with Crippen LogP contribution in [0.25, 0.3) is 5.76 Å². The molecule has 0 radical (unpaired) electrons. The number of ether oxygens (including phenoxy) is 1. The van der Waals surface area contributed by atoms with Gasteiger partial charge < -0.3 is 4.74 Å². The summed E-state index contributed by atoms with van der Waals surface area (Å²) in [5.41, 5.74) is 1.93. The van der Waals surface area contributed by atoms with Crippen molar-refractivity contribution in [2.24, 2.45) is 0 Å². The minimum Gasteiger partial charge on any atom is -0.481 e. The molecule has 1 aliphatic rings. The third-order valence-electron chi connectivity index (χ3n) is 2.72. The zero-order valence-electron chi connectivity index (χ0n) is 10.7. The van der Waals surface area contributed by atoms with Gasteiger partial charge in [-0.1, -0.05) is 29.8 Å². The lowest BCUT2D eigenvalue weighted by atomic mass is 10.1. The predicted molar refractivity (Wildman–Crippen MR) is 66.8 cm³/mol. The van der Waals surface area contributed by atoms with Crippen LogP contribution in [0, 0.1) is 6.92 Å². The normalized spacial score (nSPS) is 17.9. The summed E-state index contributed by atoms with van der Waals surface area (Å²) >= 11 is 0. The van der Waals surface area contributed by atoms with Gasteiger partial charge in [0.15, 0.2) is 11.9 Å². The van der Waals surface area contributed by atoms with Gasteiger partial charge in [-0.25, -0.2) is 4.79 Å². The summed E-state index contributed by atoms with van der Waals surface area (Å²) in [7, 11) is 1.23. The fraction of sp³-hybridized carbons (Fsp3) is 0.286. The van der Waals surface area contributed by atoms with E-state index in [0.717, 1.165) is 11.1 Å². The summed E-state index contributed by atoms with van der Waals surface area (Å²) in [4.78, 5) is 31.5. The van der Waals surface area contributed by atoms with E-state index in [0.29, 0.717) is 5.76 Å². The van der Waals surface area contributed by atoms with Gasteiger partial charge in [0.1, 0.15) is 5.76 Å². The van der Waals surface area contributed by atoms with Crippen LogP contribution in [0.5, 0.6) is 0 Å². The molecule has 0 amide bonds. The Kier molecular flexibility index (Phi) is 3.97. The summed E-state index contributed by atoms with van der Waals surface area (Å²) in [5, 5.41) is 0. The third-order valence-corrected chi connectivity index (χ3v) is 2.72. The number of ketones is 1. The monoisotopic (exact) mass is 262 g/mol. The first-order valence-corrected chi connectivity index (χ1v) is 5.83. The van der Waals surface area contributed by atoms with Gasteiger partial charge in [-0.3, -0.25) is 9.68 Å². The summed E-state index contributed by atoms with van der Waals surface area (Å²) < 4.78 is 5.47. The van der Waals surface area contributed by atoms with Crippen LogP contribution in [-0.2, 0) is 24.1 Å². The van der Waals surface area contributed by atoms with Crippen molar-refractivity contribution in [3.8, 4) is 0 Å². The maximum absolute atomic E-state index is 11.7. The van der Waals surface area contributed by atoms with Crippen molar-refractivity contribution >= 4 is 17.5 Å². The maximum Gasteiger partial charge on any atom is 0.346 e. The Labute approximate surface area is 110 Å². The van der Waals surface area contributed by atoms with Crippen LogP contribution < -0.4 is 0 Å². The minimum atomic E-state index is -0.834. The Bertz CT molecular complexity index is 515. The Morgan fingerprint density at radius 2 is 2.00 bits per heavy atom. The number of aryl methyl sites for hydroxylation is 1. The minimum absolute atomic E-state index is 0.168. The second-order valence-corrected chi connectivity index (χ2v) is 4.21. The molecule has 2 rings (SSSR count). The van der Waals surface area contributed by atoms with E-state index in [1.807, 2.05) is 31.2 Å². The standard InChI is InChI=1S/C14H14O5/c1-9-3-5-10(6-4-9)12-7-11(15)13(18-12)8-14(16)19-17-2/h3-7,13H,8H2,1-2H3. The smallest absolute Gasteiger partial charge is 0.346 e. The van der Waals surface area contributed by atoms with E-state index in [9.17, 15) is 9.59 Å². The first kappa shape index (κ1) is 13.3. The lowest BCUT2D eigenvalue weighted by molar-refractivity contribution is -0.256. The van der Waals surface area contributed by atoms with Gasteiger partial charge in [0.25, 0.3) is 0 Å². The number of rotatable bonds is 4. The van der Waals surface area contributed by atoms with Crippen molar-refractivity contribution in [2.75, 3.05) is 7.11 Å². The lowest BCUT2D eigenvalue weighted by Crippen LogP contribution is -2.21. The Morgan fingerprint density at radius 1 is 1.32 bits per heavy atom. The number of hydrogen-bond donors (Lipinski definition) is 0. The summed E-state index contributed by atoms with van der Waals surface area (Å²) in [5.74, 6) is -0.414. The molecule has 5 heteroatoms. The van der Waals surface area contributed by atoms with Crippen molar-refractivity contribution in [3.63, 3.8) is 0 Å². The molecular weight excluding hydrogens is 248 g/mol. The van der Waals surface area contributed by atoms with Crippen molar-refractivity contribution in [1.29, 1.82) is 0 Å². The first-order chi connectivity index (χ1) is 9.10. The van der Waals surface area contributed by atoms with E-state index < -0.39 is 12.1 Å². The first-order valence-electron chi connectivity index (χ1n) is 5.83. The average Bonchev–Trinajstić information content (AvgIpc) is 2.72. The highest BCUT2D eigenvalue weighted by Gasteiger charge is 2.30. The molecule has 0 fully saturated rings. The number of hydrogen-bond acceptors (Lipinski definition) is 5. The molecule has 19 heavy (non-hydrogen) atoms. The molecule has 0 bridgehead atoms. The van der Waals surface area contributed by atoms with Gasteiger partial charge in [0.05, 0.1) is 13.5 Å². The highest BCUT2D eigenvalue weighted by molar-refractivity contribution is 6.03. The van der Waals surface area contributed by atoms with Crippen molar-refractivity contribution in [2.45, 2.75) is 19.4 Å². The average molecular weight is 262 g/mol. The Hall–Kier alpha value is -2.14. The van der Waals surface area contributed by atoms with Gasteiger partial charge in [0, 0.05) is 11.6 Å². The molecule has 0 saturated heterocycles. The van der Waals surface area contributed by atoms with Crippen LogP contribution in [-0.4, -0.2) is 25.0 Å². The van der Waals surface area contributed by atoms with Gasteiger partial charge in [-0.15, -0.1) is 0 Å². The summed E-state index contributed by atoms with van der Waals surface area (Å²) in [6.45, 7) is 1.97.